The van der Waals surface area contributed by atoms with Gasteiger partial charge in [-0.1, -0.05) is 39.0 Å². The first kappa shape index (κ1) is 16.0. The SMILES string of the molecule is CCCCN1CCn2nc(CNC3CCCCCC3)cc2C1. The molecule has 0 atom stereocenters. The molecule has 1 saturated carbocycles. The Morgan fingerprint density at radius 1 is 1.18 bits per heavy atom. The van der Waals surface area contributed by atoms with E-state index in [0.29, 0.717) is 6.04 Å². The molecule has 4 nitrogen and oxygen atoms in total. The van der Waals surface area contributed by atoms with Crippen LogP contribution in [-0.2, 0) is 19.6 Å². The van der Waals surface area contributed by atoms with E-state index in [9.17, 15) is 0 Å². The van der Waals surface area contributed by atoms with E-state index in [-0.39, 0.29) is 0 Å². The fraction of sp³-hybridized carbons (Fsp3) is 0.833. The zero-order chi connectivity index (χ0) is 15.2. The molecule has 0 unspecified atom stereocenters. The lowest BCUT2D eigenvalue weighted by Crippen LogP contribution is -2.34. The van der Waals surface area contributed by atoms with Gasteiger partial charge in [0.1, 0.15) is 0 Å². The van der Waals surface area contributed by atoms with Crippen molar-refractivity contribution in [2.24, 2.45) is 0 Å². The average Bonchev–Trinajstić information content (AvgIpc) is 2.76. The van der Waals surface area contributed by atoms with Gasteiger partial charge >= 0.3 is 0 Å². The molecule has 0 aromatic carbocycles. The van der Waals surface area contributed by atoms with E-state index < -0.39 is 0 Å². The van der Waals surface area contributed by atoms with Crippen LogP contribution in [0.5, 0.6) is 0 Å². The van der Waals surface area contributed by atoms with E-state index in [1.54, 1.807) is 0 Å². The predicted molar refractivity (Wildman–Crippen MR) is 90.7 cm³/mol. The minimum atomic E-state index is 0.710. The third-order valence-corrected chi connectivity index (χ3v) is 5.18. The normalized spacial score (nSPS) is 20.8. The second-order valence-electron chi connectivity index (χ2n) is 7.05. The molecule has 1 aromatic rings. The highest BCUT2D eigenvalue weighted by Gasteiger charge is 2.18. The average molecular weight is 304 g/mol. The van der Waals surface area contributed by atoms with Crippen LogP contribution in [0.3, 0.4) is 0 Å². The summed E-state index contributed by atoms with van der Waals surface area (Å²) in [5.41, 5.74) is 2.64. The molecule has 1 N–H and O–H groups in total. The quantitative estimate of drug-likeness (QED) is 0.819. The fourth-order valence-electron chi connectivity index (χ4n) is 3.77. The molecule has 0 spiro atoms. The number of rotatable bonds is 6. The van der Waals surface area contributed by atoms with Gasteiger partial charge in [0.05, 0.1) is 17.9 Å². The zero-order valence-corrected chi connectivity index (χ0v) is 14.2. The number of nitrogens with zero attached hydrogens (tertiary/aromatic N) is 3. The Morgan fingerprint density at radius 2 is 2.00 bits per heavy atom. The van der Waals surface area contributed by atoms with Crippen molar-refractivity contribution in [3.8, 4) is 0 Å². The fourth-order valence-corrected chi connectivity index (χ4v) is 3.77. The van der Waals surface area contributed by atoms with Crippen molar-refractivity contribution in [2.75, 3.05) is 13.1 Å². The first-order valence-corrected chi connectivity index (χ1v) is 9.36. The van der Waals surface area contributed by atoms with Crippen LogP contribution in [0.1, 0.15) is 69.7 Å². The molecular weight excluding hydrogens is 272 g/mol. The Hall–Kier alpha value is -0.870. The summed E-state index contributed by atoms with van der Waals surface area (Å²) in [6.45, 7) is 7.74. The maximum Gasteiger partial charge on any atom is 0.0765 e. The van der Waals surface area contributed by atoms with E-state index in [1.807, 2.05) is 0 Å². The Bertz CT molecular complexity index is 446. The van der Waals surface area contributed by atoms with Gasteiger partial charge in [-0.25, -0.2) is 0 Å². The molecule has 0 radical (unpaired) electrons. The van der Waals surface area contributed by atoms with Crippen molar-refractivity contribution in [2.45, 2.75) is 84.0 Å². The van der Waals surface area contributed by atoms with Gasteiger partial charge in [-0.05, 0) is 31.9 Å². The highest BCUT2D eigenvalue weighted by atomic mass is 15.3. The van der Waals surface area contributed by atoms with Crippen LogP contribution in [0, 0.1) is 0 Å². The zero-order valence-electron chi connectivity index (χ0n) is 14.2. The van der Waals surface area contributed by atoms with Gasteiger partial charge in [-0.3, -0.25) is 9.58 Å². The van der Waals surface area contributed by atoms with Crippen LogP contribution in [0.15, 0.2) is 6.07 Å². The van der Waals surface area contributed by atoms with Crippen molar-refractivity contribution >= 4 is 0 Å². The van der Waals surface area contributed by atoms with Gasteiger partial charge in [0, 0.05) is 25.7 Å². The Balaban J connectivity index is 1.50. The third kappa shape index (κ3) is 4.32. The number of nitrogens with one attached hydrogen (secondary N) is 1. The maximum absolute atomic E-state index is 4.80. The van der Waals surface area contributed by atoms with E-state index in [2.05, 4.69) is 27.9 Å². The lowest BCUT2D eigenvalue weighted by atomic mass is 10.1. The first-order chi connectivity index (χ1) is 10.8. The van der Waals surface area contributed by atoms with Crippen molar-refractivity contribution in [3.05, 3.63) is 17.5 Å². The molecule has 124 valence electrons. The molecule has 3 rings (SSSR count). The molecule has 1 aliphatic carbocycles. The van der Waals surface area contributed by atoms with Gasteiger partial charge in [0.2, 0.25) is 0 Å². The van der Waals surface area contributed by atoms with Gasteiger partial charge < -0.3 is 5.32 Å². The molecular formula is C18H32N4. The predicted octanol–water partition coefficient (Wildman–Crippen LogP) is 3.31. The van der Waals surface area contributed by atoms with Crippen molar-refractivity contribution in [3.63, 3.8) is 0 Å². The van der Waals surface area contributed by atoms with Crippen molar-refractivity contribution < 1.29 is 0 Å². The molecule has 2 heterocycles. The van der Waals surface area contributed by atoms with Crippen LogP contribution in [-0.4, -0.2) is 33.8 Å². The third-order valence-electron chi connectivity index (χ3n) is 5.18. The molecule has 22 heavy (non-hydrogen) atoms. The van der Waals surface area contributed by atoms with Gasteiger partial charge in [-0.2, -0.15) is 5.10 Å². The van der Waals surface area contributed by atoms with E-state index >= 15 is 0 Å². The number of unbranched alkanes of at least 4 members (excludes halogenated alkanes) is 1. The first-order valence-electron chi connectivity index (χ1n) is 9.36. The van der Waals surface area contributed by atoms with Gasteiger partial charge in [0.15, 0.2) is 0 Å². The molecule has 0 bridgehead atoms. The molecule has 0 amide bonds. The Labute approximate surface area is 135 Å². The lowest BCUT2D eigenvalue weighted by Gasteiger charge is -2.27. The minimum absolute atomic E-state index is 0.710. The number of aromatic nitrogens is 2. The van der Waals surface area contributed by atoms with Gasteiger partial charge in [-0.15, -0.1) is 0 Å². The molecule has 4 heteroatoms. The topological polar surface area (TPSA) is 33.1 Å². The van der Waals surface area contributed by atoms with Crippen molar-refractivity contribution in [1.82, 2.24) is 20.0 Å². The summed E-state index contributed by atoms with van der Waals surface area (Å²) in [6.07, 6.45) is 10.9. The molecule has 1 fully saturated rings. The van der Waals surface area contributed by atoms with Crippen LogP contribution in [0.2, 0.25) is 0 Å². The largest absolute Gasteiger partial charge is 0.308 e. The van der Waals surface area contributed by atoms with Crippen molar-refractivity contribution in [1.29, 1.82) is 0 Å². The molecule has 0 saturated heterocycles. The highest BCUT2D eigenvalue weighted by Crippen LogP contribution is 2.18. The summed E-state index contributed by atoms with van der Waals surface area (Å²) >= 11 is 0. The van der Waals surface area contributed by atoms with Crippen LogP contribution in [0.25, 0.3) is 0 Å². The maximum atomic E-state index is 4.80. The van der Waals surface area contributed by atoms with E-state index in [1.165, 1.54) is 69.3 Å². The summed E-state index contributed by atoms with van der Waals surface area (Å²) in [5.74, 6) is 0. The molecule has 1 aliphatic heterocycles. The van der Waals surface area contributed by atoms with Gasteiger partial charge in [0.25, 0.3) is 0 Å². The van der Waals surface area contributed by atoms with Crippen LogP contribution in [0.4, 0.5) is 0 Å². The number of hydrogen-bond acceptors (Lipinski definition) is 3. The second-order valence-corrected chi connectivity index (χ2v) is 7.05. The standard InChI is InChI=1S/C18H32N4/c1-2-3-10-21-11-12-22-18(15-21)13-17(20-22)14-19-16-8-6-4-5-7-9-16/h13,16,19H,2-12,14-15H2,1H3. The van der Waals surface area contributed by atoms with Crippen LogP contribution >= 0.6 is 0 Å². The summed E-state index contributed by atoms with van der Waals surface area (Å²) in [6, 6.07) is 3.03. The summed E-state index contributed by atoms with van der Waals surface area (Å²) < 4.78 is 2.23. The minimum Gasteiger partial charge on any atom is -0.308 e. The highest BCUT2D eigenvalue weighted by molar-refractivity contribution is 5.12. The smallest absolute Gasteiger partial charge is 0.0765 e. The number of fused-ring (bicyclic) bond motifs is 1. The summed E-state index contributed by atoms with van der Waals surface area (Å²) in [7, 11) is 0. The Kier molecular flexibility index (Phi) is 5.90. The molecule has 1 aromatic heterocycles. The molecule has 2 aliphatic rings. The number of hydrogen-bond donors (Lipinski definition) is 1. The second kappa shape index (κ2) is 8.11. The van der Waals surface area contributed by atoms with E-state index in [4.69, 9.17) is 5.10 Å². The lowest BCUT2D eigenvalue weighted by molar-refractivity contribution is 0.210. The van der Waals surface area contributed by atoms with Crippen LogP contribution < -0.4 is 5.32 Å². The summed E-state index contributed by atoms with van der Waals surface area (Å²) in [5, 5.41) is 8.54. The summed E-state index contributed by atoms with van der Waals surface area (Å²) in [4.78, 5) is 2.57. The monoisotopic (exact) mass is 304 g/mol. The van der Waals surface area contributed by atoms with E-state index in [0.717, 1.165) is 26.2 Å². The Morgan fingerprint density at radius 3 is 2.77 bits per heavy atom.